The van der Waals surface area contributed by atoms with Gasteiger partial charge in [0.1, 0.15) is 6.04 Å². The van der Waals surface area contributed by atoms with Gasteiger partial charge >= 0.3 is 0 Å². The van der Waals surface area contributed by atoms with Crippen LogP contribution in [0.25, 0.3) is 0 Å². The van der Waals surface area contributed by atoms with Gasteiger partial charge in [-0.05, 0) is 36.6 Å². The first-order valence-electron chi connectivity index (χ1n) is 10.1. The van der Waals surface area contributed by atoms with Gasteiger partial charge in [0.25, 0.3) is 5.91 Å². The molecule has 3 N–H and O–H groups in total. The molecule has 1 saturated carbocycles. The molecule has 1 unspecified atom stereocenters. The Kier molecular flexibility index (Phi) is 7.78. The van der Waals surface area contributed by atoms with Gasteiger partial charge in [-0.25, -0.2) is 13.1 Å². The van der Waals surface area contributed by atoms with Crippen LogP contribution in [-0.2, 0) is 26.0 Å². The molecular weight excluding hydrogens is 418 g/mol. The number of rotatable bonds is 11. The average Bonchev–Trinajstić information content (AvgIpc) is 3.58. The molecule has 0 saturated heterocycles. The van der Waals surface area contributed by atoms with Crippen molar-refractivity contribution < 1.29 is 22.7 Å². The van der Waals surface area contributed by atoms with E-state index < -0.39 is 22.0 Å². The molecule has 2 aromatic carbocycles. The molecule has 0 bridgehead atoms. The fourth-order valence-corrected chi connectivity index (χ4v) is 4.05. The second kappa shape index (κ2) is 10.5. The van der Waals surface area contributed by atoms with Crippen LogP contribution in [0, 0.1) is 0 Å². The van der Waals surface area contributed by atoms with Gasteiger partial charge in [-0.3, -0.25) is 9.59 Å². The van der Waals surface area contributed by atoms with Gasteiger partial charge in [0.2, 0.25) is 15.9 Å². The van der Waals surface area contributed by atoms with Crippen molar-refractivity contribution in [1.29, 1.82) is 0 Å². The van der Waals surface area contributed by atoms with E-state index in [0.29, 0.717) is 6.42 Å². The number of ether oxygens (including phenoxy) is 1. The van der Waals surface area contributed by atoms with E-state index in [1.807, 2.05) is 30.3 Å². The predicted molar refractivity (Wildman–Crippen MR) is 116 cm³/mol. The van der Waals surface area contributed by atoms with E-state index in [2.05, 4.69) is 15.4 Å². The molecule has 1 fully saturated rings. The number of sulfonamides is 1. The zero-order chi connectivity index (χ0) is 22.3. The van der Waals surface area contributed by atoms with Crippen molar-refractivity contribution in [3.63, 3.8) is 0 Å². The average molecular weight is 446 g/mol. The summed E-state index contributed by atoms with van der Waals surface area (Å²) in [5, 5.41) is 5.68. The maximum absolute atomic E-state index is 12.9. The third kappa shape index (κ3) is 6.88. The molecule has 1 aliphatic rings. The van der Waals surface area contributed by atoms with Crippen molar-refractivity contribution in [3.8, 4) is 0 Å². The summed E-state index contributed by atoms with van der Waals surface area (Å²) in [5.74, 6) is -0.759. The van der Waals surface area contributed by atoms with Crippen molar-refractivity contribution >= 4 is 21.8 Å². The highest BCUT2D eigenvalue weighted by Crippen LogP contribution is 2.19. The van der Waals surface area contributed by atoms with Crippen LogP contribution in [-0.4, -0.2) is 52.6 Å². The first kappa shape index (κ1) is 22.9. The Morgan fingerprint density at radius 2 is 1.84 bits per heavy atom. The monoisotopic (exact) mass is 445 g/mol. The Balaban J connectivity index is 1.73. The zero-order valence-electron chi connectivity index (χ0n) is 17.3. The topological polar surface area (TPSA) is 114 Å². The van der Waals surface area contributed by atoms with Gasteiger partial charge < -0.3 is 15.4 Å². The maximum atomic E-state index is 12.9. The Hall–Kier alpha value is -2.75. The van der Waals surface area contributed by atoms with Crippen molar-refractivity contribution in [2.45, 2.75) is 36.2 Å². The molecule has 0 spiro atoms. The predicted octanol–water partition coefficient (Wildman–Crippen LogP) is 1.23. The summed E-state index contributed by atoms with van der Waals surface area (Å²) >= 11 is 0. The first-order chi connectivity index (χ1) is 14.9. The second-order valence-electron chi connectivity index (χ2n) is 7.42. The molecule has 0 heterocycles. The molecule has 31 heavy (non-hydrogen) atoms. The van der Waals surface area contributed by atoms with Crippen LogP contribution in [0.3, 0.4) is 0 Å². The highest BCUT2D eigenvalue weighted by Gasteiger charge is 2.29. The third-order valence-electron chi connectivity index (χ3n) is 4.83. The van der Waals surface area contributed by atoms with Crippen LogP contribution in [0.5, 0.6) is 0 Å². The third-order valence-corrected chi connectivity index (χ3v) is 6.29. The Bertz CT molecular complexity index is 1010. The van der Waals surface area contributed by atoms with Crippen LogP contribution in [0.15, 0.2) is 59.5 Å². The van der Waals surface area contributed by atoms with Gasteiger partial charge in [0, 0.05) is 31.7 Å². The largest absolute Gasteiger partial charge is 0.383 e. The van der Waals surface area contributed by atoms with E-state index in [9.17, 15) is 18.0 Å². The summed E-state index contributed by atoms with van der Waals surface area (Å²) < 4.78 is 32.1. The fraction of sp³-hybridized carbons (Fsp3) is 0.364. The van der Waals surface area contributed by atoms with Crippen molar-refractivity contribution in [3.05, 3.63) is 65.7 Å². The molecule has 1 aliphatic carbocycles. The molecule has 0 aromatic heterocycles. The van der Waals surface area contributed by atoms with Crippen LogP contribution >= 0.6 is 0 Å². The van der Waals surface area contributed by atoms with Crippen molar-refractivity contribution in [2.75, 3.05) is 20.3 Å². The highest BCUT2D eigenvalue weighted by molar-refractivity contribution is 7.89. The van der Waals surface area contributed by atoms with E-state index >= 15 is 0 Å². The fourth-order valence-electron chi connectivity index (χ4n) is 3.00. The number of amides is 2. The highest BCUT2D eigenvalue weighted by atomic mass is 32.2. The van der Waals surface area contributed by atoms with Gasteiger partial charge in [-0.15, -0.1) is 0 Å². The quantitative estimate of drug-likeness (QED) is 0.450. The minimum Gasteiger partial charge on any atom is -0.383 e. The lowest BCUT2D eigenvalue weighted by Crippen LogP contribution is -2.48. The zero-order valence-corrected chi connectivity index (χ0v) is 18.2. The molecular formula is C22H27N3O5S. The Labute approximate surface area is 182 Å². The van der Waals surface area contributed by atoms with E-state index in [4.69, 9.17) is 4.74 Å². The van der Waals surface area contributed by atoms with E-state index in [1.165, 1.54) is 31.4 Å². The Morgan fingerprint density at radius 3 is 2.52 bits per heavy atom. The molecule has 0 aliphatic heterocycles. The van der Waals surface area contributed by atoms with E-state index in [-0.39, 0.29) is 35.6 Å². The number of hydrogen-bond acceptors (Lipinski definition) is 5. The molecule has 1 atom stereocenters. The number of hydrogen-bond donors (Lipinski definition) is 3. The van der Waals surface area contributed by atoms with E-state index in [0.717, 1.165) is 18.4 Å². The van der Waals surface area contributed by atoms with Crippen LogP contribution in [0.4, 0.5) is 0 Å². The molecule has 3 rings (SSSR count). The standard InChI is InChI=1S/C22H27N3O5S/c1-30-13-12-23-31(28,29)19-9-5-8-17(15-19)21(26)25-20(22(27)24-18-10-11-18)14-16-6-3-2-4-7-16/h2-9,15,18,20,23H,10-14H2,1H3,(H,24,27)(H,25,26). The van der Waals surface area contributed by atoms with Crippen LogP contribution in [0.2, 0.25) is 0 Å². The minimum absolute atomic E-state index is 0.0294. The number of carbonyl (C=O) groups excluding carboxylic acids is 2. The molecule has 166 valence electrons. The SMILES string of the molecule is COCCNS(=O)(=O)c1cccc(C(=O)NC(Cc2ccccc2)C(=O)NC2CC2)c1. The maximum Gasteiger partial charge on any atom is 0.251 e. The van der Waals surface area contributed by atoms with Crippen LogP contribution in [0.1, 0.15) is 28.8 Å². The normalized spacial score (nSPS) is 14.6. The van der Waals surface area contributed by atoms with Gasteiger partial charge in [-0.2, -0.15) is 0 Å². The molecule has 2 amide bonds. The Morgan fingerprint density at radius 1 is 1.10 bits per heavy atom. The summed E-state index contributed by atoms with van der Waals surface area (Å²) in [4.78, 5) is 25.5. The summed E-state index contributed by atoms with van der Waals surface area (Å²) in [5.41, 5.74) is 1.07. The smallest absolute Gasteiger partial charge is 0.251 e. The van der Waals surface area contributed by atoms with Crippen LogP contribution < -0.4 is 15.4 Å². The summed E-state index contributed by atoms with van der Waals surface area (Å²) in [6, 6.07) is 14.5. The van der Waals surface area contributed by atoms with Gasteiger partial charge in [0.15, 0.2) is 0 Å². The number of carbonyl (C=O) groups is 2. The van der Waals surface area contributed by atoms with Crippen molar-refractivity contribution in [2.24, 2.45) is 0 Å². The lowest BCUT2D eigenvalue weighted by molar-refractivity contribution is -0.123. The molecule has 8 nitrogen and oxygen atoms in total. The minimum atomic E-state index is -3.78. The lowest BCUT2D eigenvalue weighted by Gasteiger charge is -2.19. The van der Waals surface area contributed by atoms with Crippen molar-refractivity contribution in [1.82, 2.24) is 15.4 Å². The molecule has 9 heteroatoms. The number of nitrogens with one attached hydrogen (secondary N) is 3. The summed E-state index contributed by atoms with van der Waals surface area (Å²) in [6.07, 6.45) is 2.21. The summed E-state index contributed by atoms with van der Waals surface area (Å²) in [6.45, 7) is 0.354. The summed E-state index contributed by atoms with van der Waals surface area (Å²) in [7, 11) is -2.30. The first-order valence-corrected chi connectivity index (χ1v) is 11.6. The number of methoxy groups -OCH3 is 1. The number of benzene rings is 2. The molecule has 0 radical (unpaired) electrons. The van der Waals surface area contributed by atoms with E-state index in [1.54, 1.807) is 0 Å². The van der Waals surface area contributed by atoms with Gasteiger partial charge in [0.05, 0.1) is 11.5 Å². The second-order valence-corrected chi connectivity index (χ2v) is 9.18. The molecule has 2 aromatic rings. The van der Waals surface area contributed by atoms with Gasteiger partial charge in [-0.1, -0.05) is 36.4 Å². The lowest BCUT2D eigenvalue weighted by atomic mass is 10.0.